The highest BCUT2D eigenvalue weighted by Crippen LogP contribution is 2.22. The van der Waals surface area contributed by atoms with Crippen LogP contribution in [0.3, 0.4) is 0 Å². The van der Waals surface area contributed by atoms with Gasteiger partial charge in [0, 0.05) is 12.6 Å². The molecule has 1 heterocycles. The molecule has 0 bridgehead atoms. The van der Waals surface area contributed by atoms with Crippen LogP contribution in [0.1, 0.15) is 45.1 Å². The van der Waals surface area contributed by atoms with Gasteiger partial charge >= 0.3 is 0 Å². The Morgan fingerprint density at radius 2 is 2.04 bits per heavy atom. The van der Waals surface area contributed by atoms with Crippen molar-refractivity contribution in [2.24, 2.45) is 0 Å². The van der Waals surface area contributed by atoms with E-state index in [0.29, 0.717) is 19.4 Å². The van der Waals surface area contributed by atoms with Crippen molar-refractivity contribution in [3.8, 4) is 0 Å². The predicted molar refractivity (Wildman–Crippen MR) is 96.2 cm³/mol. The average Bonchev–Trinajstić information content (AvgIpc) is 3.04. The monoisotopic (exact) mass is 352 g/mol. The third-order valence-corrected chi connectivity index (χ3v) is 6.50. The maximum atomic E-state index is 12.5. The molecule has 1 aliphatic heterocycles. The van der Waals surface area contributed by atoms with Gasteiger partial charge in [0.2, 0.25) is 15.9 Å². The van der Waals surface area contributed by atoms with Crippen LogP contribution >= 0.6 is 0 Å². The summed E-state index contributed by atoms with van der Waals surface area (Å²) in [7, 11) is -3.32. The highest BCUT2D eigenvalue weighted by atomic mass is 32.2. The van der Waals surface area contributed by atoms with Gasteiger partial charge in [-0.15, -0.1) is 0 Å². The number of nitrogens with one attached hydrogen (secondary N) is 1. The van der Waals surface area contributed by atoms with Gasteiger partial charge in [-0.2, -0.15) is 4.31 Å². The molecule has 1 fully saturated rings. The lowest BCUT2D eigenvalue weighted by atomic mass is 10.1. The van der Waals surface area contributed by atoms with Gasteiger partial charge in [0.1, 0.15) is 6.04 Å². The van der Waals surface area contributed by atoms with E-state index >= 15 is 0 Å². The van der Waals surface area contributed by atoms with Crippen molar-refractivity contribution in [3.63, 3.8) is 0 Å². The van der Waals surface area contributed by atoms with E-state index in [2.05, 4.69) is 17.4 Å². The van der Waals surface area contributed by atoms with Crippen LogP contribution < -0.4 is 5.32 Å². The molecule has 134 valence electrons. The van der Waals surface area contributed by atoms with Gasteiger partial charge in [0.15, 0.2) is 0 Å². The lowest BCUT2D eigenvalue weighted by Crippen LogP contribution is -2.48. The Morgan fingerprint density at radius 1 is 1.33 bits per heavy atom. The smallest absolute Gasteiger partial charge is 0.238 e. The second kappa shape index (κ2) is 8.62. The number of hydrogen-bond donors (Lipinski definition) is 1. The number of benzene rings is 1. The van der Waals surface area contributed by atoms with Crippen molar-refractivity contribution in [1.82, 2.24) is 9.62 Å². The zero-order valence-electron chi connectivity index (χ0n) is 14.6. The highest BCUT2D eigenvalue weighted by Gasteiger charge is 2.38. The molecule has 0 aliphatic carbocycles. The Labute approximate surface area is 145 Å². The lowest BCUT2D eigenvalue weighted by Gasteiger charge is -2.25. The van der Waals surface area contributed by atoms with E-state index in [1.54, 1.807) is 0 Å². The summed E-state index contributed by atoms with van der Waals surface area (Å²) >= 11 is 0. The molecule has 24 heavy (non-hydrogen) atoms. The summed E-state index contributed by atoms with van der Waals surface area (Å²) < 4.78 is 26.0. The van der Waals surface area contributed by atoms with E-state index in [-0.39, 0.29) is 17.7 Å². The van der Waals surface area contributed by atoms with Crippen LogP contribution in [0.4, 0.5) is 0 Å². The van der Waals surface area contributed by atoms with E-state index in [4.69, 9.17) is 0 Å². The molecule has 1 aromatic rings. The van der Waals surface area contributed by atoms with Crippen LogP contribution in [-0.4, -0.2) is 43.0 Å². The van der Waals surface area contributed by atoms with Gasteiger partial charge in [-0.25, -0.2) is 8.42 Å². The fourth-order valence-electron chi connectivity index (χ4n) is 3.15. The molecule has 0 spiro atoms. The Morgan fingerprint density at radius 3 is 2.71 bits per heavy atom. The number of carbonyl (C=O) groups excluding carboxylic acids is 1. The van der Waals surface area contributed by atoms with E-state index in [0.717, 1.165) is 19.3 Å². The number of aryl methyl sites for hydroxylation is 1. The minimum absolute atomic E-state index is 0.0223. The average molecular weight is 353 g/mol. The zero-order valence-corrected chi connectivity index (χ0v) is 15.4. The van der Waals surface area contributed by atoms with Crippen LogP contribution in [0.15, 0.2) is 30.3 Å². The van der Waals surface area contributed by atoms with Crippen LogP contribution in [-0.2, 0) is 21.2 Å². The molecule has 1 aromatic carbocycles. The minimum Gasteiger partial charge on any atom is -0.352 e. The molecule has 5 nitrogen and oxygen atoms in total. The van der Waals surface area contributed by atoms with Crippen molar-refractivity contribution < 1.29 is 13.2 Å². The molecule has 0 saturated carbocycles. The molecular weight excluding hydrogens is 324 g/mol. The first kappa shape index (κ1) is 18.9. The molecule has 1 aliphatic rings. The molecule has 2 atom stereocenters. The van der Waals surface area contributed by atoms with Gasteiger partial charge in [-0.1, -0.05) is 37.3 Å². The second-order valence-corrected chi connectivity index (χ2v) is 8.56. The van der Waals surface area contributed by atoms with Gasteiger partial charge in [0.05, 0.1) is 5.75 Å². The first-order valence-electron chi connectivity index (χ1n) is 8.78. The molecule has 1 amide bonds. The minimum atomic E-state index is -3.32. The number of sulfonamides is 1. The number of nitrogens with zero attached hydrogens (tertiary/aromatic N) is 1. The molecule has 2 rings (SSSR count). The zero-order chi connectivity index (χ0) is 17.6. The standard InChI is InChI=1S/C18H28N2O3S/c1-3-14-24(22,23)20-13-7-10-17(20)18(21)19-15(2)11-12-16-8-5-4-6-9-16/h4-6,8-9,15,17H,3,7,10-14H2,1-2H3,(H,19,21). The first-order chi connectivity index (χ1) is 11.4. The van der Waals surface area contributed by atoms with Crippen molar-refractivity contribution in [1.29, 1.82) is 0 Å². The number of carbonyl (C=O) groups is 1. The molecule has 0 radical (unpaired) electrons. The molecule has 6 heteroatoms. The topological polar surface area (TPSA) is 66.5 Å². The predicted octanol–water partition coefficient (Wildman–Crippen LogP) is 2.33. The van der Waals surface area contributed by atoms with E-state index in [1.807, 2.05) is 32.0 Å². The lowest BCUT2D eigenvalue weighted by molar-refractivity contribution is -0.124. The molecule has 1 N–H and O–H groups in total. The van der Waals surface area contributed by atoms with E-state index in [9.17, 15) is 13.2 Å². The van der Waals surface area contributed by atoms with E-state index < -0.39 is 16.1 Å². The fraction of sp³-hybridized carbons (Fsp3) is 0.611. The molecule has 2 unspecified atom stereocenters. The summed E-state index contributed by atoms with van der Waals surface area (Å²) in [6, 6.07) is 9.63. The van der Waals surface area contributed by atoms with Crippen LogP contribution in [0, 0.1) is 0 Å². The summed E-state index contributed by atoms with van der Waals surface area (Å²) in [5.41, 5.74) is 1.24. The van der Waals surface area contributed by atoms with Crippen LogP contribution in [0.5, 0.6) is 0 Å². The first-order valence-corrected chi connectivity index (χ1v) is 10.4. The number of hydrogen-bond acceptors (Lipinski definition) is 3. The van der Waals surface area contributed by atoms with Crippen molar-refractivity contribution in [2.45, 2.75) is 58.0 Å². The van der Waals surface area contributed by atoms with Crippen LogP contribution in [0.2, 0.25) is 0 Å². The highest BCUT2D eigenvalue weighted by molar-refractivity contribution is 7.89. The normalized spacial score (nSPS) is 20.0. The summed E-state index contributed by atoms with van der Waals surface area (Å²) in [6.07, 6.45) is 3.66. The molecule has 0 aromatic heterocycles. The Balaban J connectivity index is 1.88. The van der Waals surface area contributed by atoms with E-state index in [1.165, 1.54) is 9.87 Å². The molecular formula is C18H28N2O3S. The van der Waals surface area contributed by atoms with Crippen LogP contribution in [0.25, 0.3) is 0 Å². The summed E-state index contributed by atoms with van der Waals surface area (Å²) in [5.74, 6) is -0.0481. The number of rotatable bonds is 8. The Kier molecular flexibility index (Phi) is 6.80. The third-order valence-electron chi connectivity index (χ3n) is 4.42. The van der Waals surface area contributed by atoms with Crippen molar-refractivity contribution >= 4 is 15.9 Å². The summed E-state index contributed by atoms with van der Waals surface area (Å²) in [4.78, 5) is 12.5. The second-order valence-electron chi connectivity index (χ2n) is 6.52. The van der Waals surface area contributed by atoms with Gasteiger partial charge < -0.3 is 5.32 Å². The maximum Gasteiger partial charge on any atom is 0.238 e. The Hall–Kier alpha value is -1.40. The van der Waals surface area contributed by atoms with Gasteiger partial charge in [0.25, 0.3) is 0 Å². The van der Waals surface area contributed by atoms with Gasteiger partial charge in [-0.3, -0.25) is 4.79 Å². The Bertz CT molecular complexity index is 631. The number of amides is 1. The SMILES string of the molecule is CCCS(=O)(=O)N1CCCC1C(=O)NC(C)CCc1ccccc1. The molecule has 1 saturated heterocycles. The largest absolute Gasteiger partial charge is 0.352 e. The van der Waals surface area contributed by atoms with Crippen molar-refractivity contribution in [2.75, 3.05) is 12.3 Å². The fourth-order valence-corrected chi connectivity index (χ4v) is 4.90. The van der Waals surface area contributed by atoms with Crippen molar-refractivity contribution in [3.05, 3.63) is 35.9 Å². The maximum absolute atomic E-state index is 12.5. The third kappa shape index (κ3) is 5.05. The quantitative estimate of drug-likeness (QED) is 0.781. The van der Waals surface area contributed by atoms with Gasteiger partial charge in [-0.05, 0) is 44.6 Å². The summed E-state index contributed by atoms with van der Waals surface area (Å²) in [6.45, 7) is 4.27. The summed E-state index contributed by atoms with van der Waals surface area (Å²) in [5, 5.41) is 2.99.